The zero-order valence-electron chi connectivity index (χ0n) is 18.2. The third kappa shape index (κ3) is 4.09. The van der Waals surface area contributed by atoms with Crippen LogP contribution in [0.15, 0.2) is 53.5 Å². The van der Waals surface area contributed by atoms with Gasteiger partial charge in [0.2, 0.25) is 0 Å². The van der Waals surface area contributed by atoms with E-state index in [1.807, 2.05) is 0 Å². The summed E-state index contributed by atoms with van der Waals surface area (Å²) >= 11 is 0. The molecule has 0 amide bonds. The Morgan fingerprint density at radius 1 is 1.18 bits per heavy atom. The molecule has 0 saturated heterocycles. The SMILES string of the molecule is CC(C)(CC(O)(Cn1ccc(=O)c2ccccc21)C(F)(F)F)c1cc(C#N)cc2c1OCC2. The molecule has 1 aromatic heterocycles. The van der Waals surface area contributed by atoms with Crippen LogP contribution in [0, 0.1) is 11.3 Å². The van der Waals surface area contributed by atoms with Gasteiger partial charge in [-0.1, -0.05) is 26.0 Å². The summed E-state index contributed by atoms with van der Waals surface area (Å²) in [6.45, 7) is 2.80. The molecule has 8 heteroatoms. The lowest BCUT2D eigenvalue weighted by Gasteiger charge is -2.39. The van der Waals surface area contributed by atoms with Gasteiger partial charge in [0.1, 0.15) is 5.75 Å². The van der Waals surface area contributed by atoms with Crippen molar-refractivity contribution in [3.63, 3.8) is 0 Å². The van der Waals surface area contributed by atoms with E-state index in [-0.39, 0.29) is 10.8 Å². The molecule has 172 valence electrons. The molecule has 0 aliphatic carbocycles. The van der Waals surface area contributed by atoms with Gasteiger partial charge in [0, 0.05) is 29.6 Å². The lowest BCUT2D eigenvalue weighted by atomic mass is 9.73. The van der Waals surface area contributed by atoms with Gasteiger partial charge in [-0.3, -0.25) is 4.79 Å². The summed E-state index contributed by atoms with van der Waals surface area (Å²) in [7, 11) is 0. The van der Waals surface area contributed by atoms with Crippen molar-refractivity contribution in [1.82, 2.24) is 4.57 Å². The number of rotatable bonds is 5. The Bertz CT molecular complexity index is 1320. The molecule has 1 aliphatic rings. The Morgan fingerprint density at radius 2 is 1.91 bits per heavy atom. The Labute approximate surface area is 188 Å². The Morgan fingerprint density at radius 3 is 2.61 bits per heavy atom. The summed E-state index contributed by atoms with van der Waals surface area (Å²) in [6, 6.07) is 12.8. The average molecular weight is 456 g/mol. The smallest absolute Gasteiger partial charge is 0.418 e. The van der Waals surface area contributed by atoms with Crippen molar-refractivity contribution in [3.05, 3.63) is 75.6 Å². The van der Waals surface area contributed by atoms with Crippen LogP contribution in [0.25, 0.3) is 10.9 Å². The first-order valence-corrected chi connectivity index (χ1v) is 10.5. The molecule has 33 heavy (non-hydrogen) atoms. The lowest BCUT2D eigenvalue weighted by molar-refractivity contribution is -0.271. The van der Waals surface area contributed by atoms with Gasteiger partial charge in [0.05, 0.1) is 30.3 Å². The van der Waals surface area contributed by atoms with Crippen molar-refractivity contribution >= 4 is 10.9 Å². The number of nitriles is 1. The topological polar surface area (TPSA) is 75.3 Å². The minimum Gasteiger partial charge on any atom is -0.493 e. The molecule has 1 aliphatic heterocycles. The van der Waals surface area contributed by atoms with Crippen LogP contribution in [0.3, 0.4) is 0 Å². The van der Waals surface area contributed by atoms with Crippen LogP contribution in [0.1, 0.15) is 37.0 Å². The van der Waals surface area contributed by atoms with Crippen LogP contribution in [0.5, 0.6) is 5.75 Å². The molecule has 2 heterocycles. The summed E-state index contributed by atoms with van der Waals surface area (Å²) in [5.74, 6) is 0.484. The van der Waals surface area contributed by atoms with Crippen LogP contribution in [-0.2, 0) is 18.4 Å². The summed E-state index contributed by atoms with van der Waals surface area (Å²) in [5, 5.41) is 20.7. The number of fused-ring (bicyclic) bond motifs is 2. The highest BCUT2D eigenvalue weighted by Gasteiger charge is 2.56. The second kappa shape index (κ2) is 7.92. The number of halogens is 3. The van der Waals surface area contributed by atoms with Gasteiger partial charge in [-0.15, -0.1) is 0 Å². The first kappa shape index (κ1) is 22.9. The molecule has 5 nitrogen and oxygen atoms in total. The van der Waals surface area contributed by atoms with Gasteiger partial charge in [-0.05, 0) is 41.7 Å². The minimum atomic E-state index is -4.95. The number of para-hydroxylation sites is 1. The van der Waals surface area contributed by atoms with E-state index in [9.17, 15) is 28.3 Å². The first-order valence-electron chi connectivity index (χ1n) is 10.5. The molecule has 0 radical (unpaired) electrons. The third-order valence-corrected chi connectivity index (χ3v) is 6.22. The number of hydrogen-bond donors (Lipinski definition) is 1. The normalized spacial score (nSPS) is 15.5. The van der Waals surface area contributed by atoms with E-state index in [4.69, 9.17) is 4.74 Å². The standard InChI is InChI=1S/C25H23F3N2O3/c1-23(2,19-12-16(13-29)11-17-8-10-33-22(17)19)14-24(32,25(26,27)28)15-30-9-7-21(31)18-5-3-4-6-20(18)30/h3-7,9,11-12,32H,8,10,14-15H2,1-2H3. The second-order valence-electron chi connectivity index (χ2n) is 9.14. The van der Waals surface area contributed by atoms with Gasteiger partial charge < -0.3 is 14.4 Å². The van der Waals surface area contributed by atoms with Crippen LogP contribution in [0.4, 0.5) is 13.2 Å². The molecule has 1 unspecified atom stereocenters. The highest BCUT2D eigenvalue weighted by molar-refractivity contribution is 5.78. The number of ether oxygens (including phenoxy) is 1. The van der Waals surface area contributed by atoms with Crippen LogP contribution in [0.2, 0.25) is 0 Å². The van der Waals surface area contributed by atoms with Crippen molar-refractivity contribution in [2.75, 3.05) is 6.61 Å². The highest BCUT2D eigenvalue weighted by atomic mass is 19.4. The molecule has 0 spiro atoms. The van der Waals surface area contributed by atoms with E-state index in [0.29, 0.717) is 35.4 Å². The molecule has 0 fully saturated rings. The number of hydrogen-bond acceptors (Lipinski definition) is 4. The fourth-order valence-corrected chi connectivity index (χ4v) is 4.63. The van der Waals surface area contributed by atoms with Crippen LogP contribution < -0.4 is 10.2 Å². The maximum atomic E-state index is 14.3. The number of benzene rings is 2. The van der Waals surface area contributed by atoms with Crippen molar-refractivity contribution < 1.29 is 23.0 Å². The van der Waals surface area contributed by atoms with E-state index in [1.165, 1.54) is 22.9 Å². The zero-order valence-corrected chi connectivity index (χ0v) is 18.2. The molecule has 0 saturated carbocycles. The van der Waals surface area contributed by atoms with Crippen molar-refractivity contribution in [3.8, 4) is 11.8 Å². The summed E-state index contributed by atoms with van der Waals surface area (Å²) in [4.78, 5) is 12.1. The molecular formula is C25H23F3N2O3. The molecular weight excluding hydrogens is 433 g/mol. The molecule has 3 aromatic rings. The average Bonchev–Trinajstić information content (AvgIpc) is 3.22. The van der Waals surface area contributed by atoms with E-state index in [1.54, 1.807) is 44.2 Å². The molecule has 4 rings (SSSR count). The molecule has 2 aromatic carbocycles. The largest absolute Gasteiger partial charge is 0.493 e. The fraction of sp³-hybridized carbons (Fsp3) is 0.360. The summed E-state index contributed by atoms with van der Waals surface area (Å²) in [6.07, 6.45) is -3.79. The number of alkyl halides is 3. The van der Waals surface area contributed by atoms with Gasteiger partial charge in [-0.25, -0.2) is 0 Å². The Hall–Kier alpha value is -3.31. The monoisotopic (exact) mass is 456 g/mol. The Balaban J connectivity index is 1.79. The fourth-order valence-electron chi connectivity index (χ4n) is 4.63. The quantitative estimate of drug-likeness (QED) is 0.615. The number of nitrogens with zero attached hydrogens (tertiary/aromatic N) is 2. The minimum absolute atomic E-state index is 0.275. The second-order valence-corrected chi connectivity index (χ2v) is 9.14. The van der Waals surface area contributed by atoms with Gasteiger partial charge >= 0.3 is 6.18 Å². The van der Waals surface area contributed by atoms with Crippen molar-refractivity contribution in [1.29, 1.82) is 5.26 Å². The number of aliphatic hydroxyl groups is 1. The van der Waals surface area contributed by atoms with E-state index < -0.39 is 30.2 Å². The van der Waals surface area contributed by atoms with Crippen molar-refractivity contribution in [2.45, 2.75) is 50.4 Å². The van der Waals surface area contributed by atoms with E-state index in [0.717, 1.165) is 5.56 Å². The molecule has 1 N–H and O–H groups in total. The zero-order chi connectivity index (χ0) is 24.0. The third-order valence-electron chi connectivity index (χ3n) is 6.22. The van der Waals surface area contributed by atoms with Crippen LogP contribution >= 0.6 is 0 Å². The predicted octanol–water partition coefficient (Wildman–Crippen LogP) is 4.47. The van der Waals surface area contributed by atoms with Gasteiger partial charge in [0.25, 0.3) is 0 Å². The van der Waals surface area contributed by atoms with Crippen molar-refractivity contribution in [2.24, 2.45) is 0 Å². The summed E-state index contributed by atoms with van der Waals surface area (Å²) < 4.78 is 49.9. The van der Waals surface area contributed by atoms with Gasteiger partial charge in [0.15, 0.2) is 11.0 Å². The Kier molecular flexibility index (Phi) is 5.49. The maximum Gasteiger partial charge on any atom is 0.418 e. The highest BCUT2D eigenvalue weighted by Crippen LogP contribution is 2.46. The first-order chi connectivity index (χ1) is 15.4. The number of pyridine rings is 1. The van der Waals surface area contributed by atoms with Gasteiger partial charge in [-0.2, -0.15) is 18.4 Å². The number of aromatic nitrogens is 1. The predicted molar refractivity (Wildman–Crippen MR) is 117 cm³/mol. The molecule has 0 bridgehead atoms. The van der Waals surface area contributed by atoms with Crippen LogP contribution in [-0.4, -0.2) is 28.1 Å². The lowest BCUT2D eigenvalue weighted by Crippen LogP contribution is -2.52. The maximum absolute atomic E-state index is 14.3. The van der Waals surface area contributed by atoms with E-state index >= 15 is 0 Å². The van der Waals surface area contributed by atoms with E-state index in [2.05, 4.69) is 6.07 Å². The molecule has 1 atom stereocenters. The summed E-state index contributed by atoms with van der Waals surface area (Å²) in [5.41, 5.74) is -2.71.